The van der Waals surface area contributed by atoms with Crippen molar-refractivity contribution in [2.45, 2.75) is 40.7 Å². The van der Waals surface area contributed by atoms with Gasteiger partial charge in [0.25, 0.3) is 0 Å². The number of hydrogen-bond acceptors (Lipinski definition) is 3. The number of carbonyl (C=O) groups is 3. The Bertz CT molecular complexity index is 386. The molecule has 0 rings (SSSR count). The van der Waals surface area contributed by atoms with Crippen LogP contribution in [0.15, 0.2) is 0 Å². The van der Waals surface area contributed by atoms with Gasteiger partial charge in [-0.05, 0) is 19.3 Å². The number of carbonyl (C=O) groups excluding carboxylic acids is 2. The van der Waals surface area contributed by atoms with Gasteiger partial charge in [-0.3, -0.25) is 4.79 Å². The SMILES string of the molecule is CCN(CC)C(=O)CN(C)C(=O)NC(C(=O)O)C(C)(C)C. The van der Waals surface area contributed by atoms with Crippen molar-refractivity contribution in [2.75, 3.05) is 26.7 Å². The van der Waals surface area contributed by atoms with E-state index in [2.05, 4.69) is 5.32 Å². The standard InChI is InChI=1S/C14H27N3O4/c1-7-17(8-2)10(18)9-16(6)13(21)15-11(12(19)20)14(3,4)5/h11H,7-9H2,1-6H3,(H,15,21)(H,19,20). The molecule has 0 bridgehead atoms. The Morgan fingerprint density at radius 2 is 1.62 bits per heavy atom. The number of amides is 3. The second-order valence-corrected chi connectivity index (χ2v) is 6.01. The van der Waals surface area contributed by atoms with E-state index < -0.39 is 23.5 Å². The van der Waals surface area contributed by atoms with Crippen molar-refractivity contribution < 1.29 is 19.5 Å². The number of likely N-dealkylation sites (N-methyl/N-ethyl adjacent to an activating group) is 2. The van der Waals surface area contributed by atoms with E-state index in [9.17, 15) is 19.5 Å². The Hall–Kier alpha value is -1.79. The van der Waals surface area contributed by atoms with E-state index in [-0.39, 0.29) is 12.5 Å². The lowest BCUT2D eigenvalue weighted by Gasteiger charge is -2.30. The topological polar surface area (TPSA) is 90.0 Å². The summed E-state index contributed by atoms with van der Waals surface area (Å²) in [5.74, 6) is -1.26. The predicted molar refractivity (Wildman–Crippen MR) is 80.0 cm³/mol. The summed E-state index contributed by atoms with van der Waals surface area (Å²) in [6.45, 7) is 9.98. The van der Waals surface area contributed by atoms with Crippen molar-refractivity contribution in [1.82, 2.24) is 15.1 Å². The van der Waals surface area contributed by atoms with E-state index in [0.717, 1.165) is 0 Å². The molecule has 3 amide bonds. The summed E-state index contributed by atoms with van der Waals surface area (Å²) in [5, 5.41) is 11.6. The molecule has 21 heavy (non-hydrogen) atoms. The van der Waals surface area contributed by atoms with E-state index in [4.69, 9.17) is 0 Å². The molecule has 0 radical (unpaired) electrons. The van der Waals surface area contributed by atoms with Crippen LogP contribution in [0.4, 0.5) is 4.79 Å². The van der Waals surface area contributed by atoms with Gasteiger partial charge in [0.15, 0.2) is 0 Å². The molecule has 0 aromatic carbocycles. The van der Waals surface area contributed by atoms with Gasteiger partial charge in [-0.15, -0.1) is 0 Å². The van der Waals surface area contributed by atoms with Crippen LogP contribution in [0, 0.1) is 5.41 Å². The molecule has 0 aliphatic carbocycles. The maximum Gasteiger partial charge on any atom is 0.326 e. The van der Waals surface area contributed by atoms with Crippen LogP contribution in [-0.2, 0) is 9.59 Å². The predicted octanol–water partition coefficient (Wildman–Crippen LogP) is 0.996. The molecule has 0 aromatic heterocycles. The van der Waals surface area contributed by atoms with Gasteiger partial charge < -0.3 is 20.2 Å². The fourth-order valence-electron chi connectivity index (χ4n) is 1.83. The van der Waals surface area contributed by atoms with Crippen LogP contribution in [0.3, 0.4) is 0 Å². The number of rotatable bonds is 6. The molecule has 0 fully saturated rings. The van der Waals surface area contributed by atoms with Crippen molar-refractivity contribution in [3.05, 3.63) is 0 Å². The lowest BCUT2D eigenvalue weighted by molar-refractivity contribution is -0.142. The summed E-state index contributed by atoms with van der Waals surface area (Å²) in [6.07, 6.45) is 0. The first-order valence-corrected chi connectivity index (χ1v) is 7.06. The van der Waals surface area contributed by atoms with Crippen LogP contribution in [-0.4, -0.2) is 65.5 Å². The molecular weight excluding hydrogens is 274 g/mol. The lowest BCUT2D eigenvalue weighted by atomic mass is 9.87. The Morgan fingerprint density at radius 1 is 1.14 bits per heavy atom. The number of nitrogens with one attached hydrogen (secondary N) is 1. The number of nitrogens with zero attached hydrogens (tertiary/aromatic N) is 2. The quantitative estimate of drug-likeness (QED) is 0.765. The number of aliphatic carboxylic acids is 1. The Kier molecular flexibility index (Phi) is 7.18. The molecule has 0 saturated heterocycles. The molecule has 0 spiro atoms. The van der Waals surface area contributed by atoms with Crippen molar-refractivity contribution >= 4 is 17.9 Å². The Labute approximate surface area is 126 Å². The van der Waals surface area contributed by atoms with Crippen molar-refractivity contribution in [1.29, 1.82) is 0 Å². The average Bonchev–Trinajstić information content (AvgIpc) is 2.34. The number of carboxylic acid groups (broad SMARTS) is 1. The highest BCUT2D eigenvalue weighted by Gasteiger charge is 2.33. The molecule has 0 aliphatic heterocycles. The summed E-state index contributed by atoms with van der Waals surface area (Å²) in [4.78, 5) is 38.0. The van der Waals surface area contributed by atoms with Crippen LogP contribution < -0.4 is 5.32 Å². The first-order valence-electron chi connectivity index (χ1n) is 7.06. The Morgan fingerprint density at radius 3 is 1.95 bits per heavy atom. The van der Waals surface area contributed by atoms with Gasteiger partial charge in [-0.2, -0.15) is 0 Å². The van der Waals surface area contributed by atoms with Crippen molar-refractivity contribution in [3.63, 3.8) is 0 Å². The fourth-order valence-corrected chi connectivity index (χ4v) is 1.83. The van der Waals surface area contributed by atoms with Gasteiger partial charge in [0, 0.05) is 20.1 Å². The second kappa shape index (κ2) is 7.85. The number of urea groups is 1. The maximum atomic E-state index is 12.0. The molecule has 1 unspecified atom stereocenters. The minimum Gasteiger partial charge on any atom is -0.480 e. The molecule has 2 N–H and O–H groups in total. The lowest BCUT2D eigenvalue weighted by Crippen LogP contribution is -2.54. The fraction of sp³-hybridized carbons (Fsp3) is 0.786. The highest BCUT2D eigenvalue weighted by molar-refractivity contribution is 5.86. The van der Waals surface area contributed by atoms with Crippen LogP contribution in [0.1, 0.15) is 34.6 Å². The average molecular weight is 301 g/mol. The summed E-state index contributed by atoms with van der Waals surface area (Å²) in [6, 6.07) is -1.59. The Balaban J connectivity index is 4.71. The summed E-state index contributed by atoms with van der Waals surface area (Å²) in [5.41, 5.74) is -0.620. The van der Waals surface area contributed by atoms with E-state index in [0.29, 0.717) is 13.1 Å². The highest BCUT2D eigenvalue weighted by atomic mass is 16.4. The van der Waals surface area contributed by atoms with Crippen LogP contribution in [0.2, 0.25) is 0 Å². The maximum absolute atomic E-state index is 12.0. The zero-order valence-corrected chi connectivity index (χ0v) is 13.8. The smallest absolute Gasteiger partial charge is 0.326 e. The van der Waals surface area contributed by atoms with Gasteiger partial charge in [-0.25, -0.2) is 9.59 Å². The van der Waals surface area contributed by atoms with Gasteiger partial charge in [0.1, 0.15) is 12.6 Å². The van der Waals surface area contributed by atoms with E-state index in [1.54, 1.807) is 25.7 Å². The van der Waals surface area contributed by atoms with Crippen molar-refractivity contribution in [2.24, 2.45) is 5.41 Å². The zero-order chi connectivity index (χ0) is 16.8. The summed E-state index contributed by atoms with van der Waals surface area (Å²) < 4.78 is 0. The van der Waals surface area contributed by atoms with Gasteiger partial charge in [0.2, 0.25) is 5.91 Å². The first kappa shape index (κ1) is 19.2. The van der Waals surface area contributed by atoms with E-state index in [1.165, 1.54) is 11.9 Å². The largest absolute Gasteiger partial charge is 0.480 e. The third kappa shape index (κ3) is 6.01. The third-order valence-corrected chi connectivity index (χ3v) is 3.22. The molecule has 0 heterocycles. The molecule has 0 aromatic rings. The van der Waals surface area contributed by atoms with Crippen LogP contribution in [0.25, 0.3) is 0 Å². The molecule has 7 nitrogen and oxygen atoms in total. The van der Waals surface area contributed by atoms with Gasteiger partial charge in [-0.1, -0.05) is 20.8 Å². The minimum absolute atomic E-state index is 0.0794. The van der Waals surface area contributed by atoms with Crippen molar-refractivity contribution in [3.8, 4) is 0 Å². The number of carboxylic acids is 1. The van der Waals surface area contributed by atoms with Crippen LogP contribution in [0.5, 0.6) is 0 Å². The van der Waals surface area contributed by atoms with E-state index >= 15 is 0 Å². The van der Waals surface area contributed by atoms with Gasteiger partial charge >= 0.3 is 12.0 Å². The second-order valence-electron chi connectivity index (χ2n) is 6.01. The van der Waals surface area contributed by atoms with Gasteiger partial charge in [0.05, 0.1) is 0 Å². The van der Waals surface area contributed by atoms with E-state index in [1.807, 2.05) is 13.8 Å². The summed E-state index contributed by atoms with van der Waals surface area (Å²) >= 11 is 0. The molecule has 122 valence electrons. The summed E-state index contributed by atoms with van der Waals surface area (Å²) in [7, 11) is 1.47. The monoisotopic (exact) mass is 301 g/mol. The molecular formula is C14H27N3O4. The first-order chi connectivity index (χ1) is 9.54. The molecule has 0 aliphatic rings. The van der Waals surface area contributed by atoms with Crippen LogP contribution >= 0.6 is 0 Å². The normalized spacial score (nSPS) is 12.5. The minimum atomic E-state index is -1.10. The molecule has 1 atom stereocenters. The zero-order valence-electron chi connectivity index (χ0n) is 13.8. The highest BCUT2D eigenvalue weighted by Crippen LogP contribution is 2.19. The number of hydrogen-bond donors (Lipinski definition) is 2. The molecule has 0 saturated carbocycles. The third-order valence-electron chi connectivity index (χ3n) is 3.22. The molecule has 7 heteroatoms.